The van der Waals surface area contributed by atoms with E-state index in [1.807, 2.05) is 0 Å². The highest BCUT2D eigenvalue weighted by molar-refractivity contribution is 4.70. The zero-order valence-corrected chi connectivity index (χ0v) is 7.03. The predicted molar refractivity (Wildman–Crippen MR) is 43.1 cm³/mol. The lowest BCUT2D eigenvalue weighted by Crippen LogP contribution is -2.45. The zero-order chi connectivity index (χ0) is 9.56. The van der Waals surface area contributed by atoms with Crippen molar-refractivity contribution >= 4 is 0 Å². The SMILES string of the molecule is C=C(ON)OC(N)C(N)OCC. The fourth-order valence-electron chi connectivity index (χ4n) is 0.534. The van der Waals surface area contributed by atoms with Gasteiger partial charge in [-0.15, -0.1) is 0 Å². The largest absolute Gasteiger partial charge is 0.441 e. The molecule has 0 amide bonds. The average molecular weight is 177 g/mol. The van der Waals surface area contributed by atoms with Crippen LogP contribution in [0.1, 0.15) is 6.92 Å². The van der Waals surface area contributed by atoms with E-state index in [2.05, 4.69) is 11.4 Å². The van der Waals surface area contributed by atoms with Crippen molar-refractivity contribution in [2.24, 2.45) is 17.4 Å². The Labute approximate surface area is 71.2 Å². The molecule has 0 heterocycles. The normalized spacial score (nSPS) is 15.0. The van der Waals surface area contributed by atoms with Gasteiger partial charge in [-0.25, -0.2) is 0 Å². The van der Waals surface area contributed by atoms with Gasteiger partial charge in [0.15, 0.2) is 12.5 Å². The van der Waals surface area contributed by atoms with Gasteiger partial charge in [-0.05, 0) is 13.5 Å². The summed E-state index contributed by atoms with van der Waals surface area (Å²) in [5, 5.41) is 0. The number of rotatable bonds is 6. The fourth-order valence-corrected chi connectivity index (χ4v) is 0.534. The summed E-state index contributed by atoms with van der Waals surface area (Å²) >= 11 is 0. The van der Waals surface area contributed by atoms with Gasteiger partial charge >= 0.3 is 0 Å². The minimum Gasteiger partial charge on any atom is -0.441 e. The Kier molecular flexibility index (Phi) is 5.39. The summed E-state index contributed by atoms with van der Waals surface area (Å²) in [4.78, 5) is 4.14. The molecule has 72 valence electrons. The van der Waals surface area contributed by atoms with Crippen molar-refractivity contribution in [3.8, 4) is 0 Å². The predicted octanol–water partition coefficient (Wildman–Crippen LogP) is -1.03. The van der Waals surface area contributed by atoms with Crippen molar-refractivity contribution in [2.75, 3.05) is 6.61 Å². The van der Waals surface area contributed by atoms with E-state index in [-0.39, 0.29) is 5.95 Å². The first-order chi connectivity index (χ1) is 5.61. The van der Waals surface area contributed by atoms with Crippen LogP contribution >= 0.6 is 0 Å². The number of nitrogens with two attached hydrogens (primary N) is 3. The zero-order valence-electron chi connectivity index (χ0n) is 7.03. The maximum Gasteiger partial charge on any atom is 0.293 e. The van der Waals surface area contributed by atoms with Gasteiger partial charge in [-0.2, -0.15) is 5.90 Å². The van der Waals surface area contributed by atoms with E-state index < -0.39 is 12.5 Å². The number of hydrogen-bond acceptors (Lipinski definition) is 6. The van der Waals surface area contributed by atoms with Crippen molar-refractivity contribution in [1.29, 1.82) is 0 Å². The molecule has 2 unspecified atom stereocenters. The van der Waals surface area contributed by atoms with Crippen molar-refractivity contribution in [2.45, 2.75) is 19.4 Å². The molecule has 0 saturated heterocycles. The minimum atomic E-state index is -0.832. The third-order valence-electron chi connectivity index (χ3n) is 1.08. The Hall–Kier alpha value is -0.820. The van der Waals surface area contributed by atoms with Crippen LogP contribution in [-0.4, -0.2) is 19.1 Å². The molecule has 0 aliphatic carbocycles. The lowest BCUT2D eigenvalue weighted by molar-refractivity contribution is -0.0804. The molecule has 0 rings (SSSR count). The first-order valence-electron chi connectivity index (χ1n) is 3.46. The molecule has 12 heavy (non-hydrogen) atoms. The molecule has 6 heteroatoms. The lowest BCUT2D eigenvalue weighted by atomic mass is 10.5. The molecule has 0 saturated carbocycles. The van der Waals surface area contributed by atoms with Crippen molar-refractivity contribution in [3.05, 3.63) is 12.5 Å². The Bertz CT molecular complexity index is 142. The molecule has 0 radical (unpaired) electrons. The van der Waals surface area contributed by atoms with E-state index in [1.54, 1.807) is 6.92 Å². The lowest BCUT2D eigenvalue weighted by Gasteiger charge is -2.20. The summed E-state index contributed by atoms with van der Waals surface area (Å²) in [5.74, 6) is 4.63. The highest BCUT2D eigenvalue weighted by Crippen LogP contribution is 1.99. The van der Waals surface area contributed by atoms with Gasteiger partial charge in [0.25, 0.3) is 5.95 Å². The van der Waals surface area contributed by atoms with Crippen LogP contribution in [0.3, 0.4) is 0 Å². The van der Waals surface area contributed by atoms with Crippen LogP contribution < -0.4 is 17.4 Å². The average Bonchev–Trinajstić information content (AvgIpc) is 2.04. The van der Waals surface area contributed by atoms with Crippen LogP contribution in [-0.2, 0) is 14.3 Å². The molecule has 0 aliphatic rings. The first-order valence-corrected chi connectivity index (χ1v) is 3.46. The molecular formula is C6H15N3O3. The Morgan fingerprint density at radius 3 is 2.42 bits per heavy atom. The standard InChI is InChI=1S/C6H15N3O3/c1-3-10-5(7)6(8)11-4(2)12-9/h5-6H,2-3,7-9H2,1H3. The first kappa shape index (κ1) is 11.2. The van der Waals surface area contributed by atoms with Gasteiger partial charge in [-0.1, -0.05) is 0 Å². The van der Waals surface area contributed by atoms with E-state index in [1.165, 1.54) is 0 Å². The molecule has 0 bridgehead atoms. The van der Waals surface area contributed by atoms with Crippen LogP contribution in [0, 0.1) is 0 Å². The van der Waals surface area contributed by atoms with Gasteiger partial charge < -0.3 is 20.0 Å². The Morgan fingerprint density at radius 2 is 2.00 bits per heavy atom. The van der Waals surface area contributed by atoms with Gasteiger partial charge in [0.05, 0.1) is 0 Å². The molecular weight excluding hydrogens is 162 g/mol. The van der Waals surface area contributed by atoms with Crippen LogP contribution in [0.15, 0.2) is 12.5 Å². The summed E-state index contributed by atoms with van der Waals surface area (Å²) in [6.45, 7) is 5.54. The van der Waals surface area contributed by atoms with Crippen LogP contribution in [0.2, 0.25) is 0 Å². The summed E-state index contributed by atoms with van der Waals surface area (Å²) in [7, 11) is 0. The molecule has 0 aliphatic heterocycles. The summed E-state index contributed by atoms with van der Waals surface area (Å²) < 4.78 is 9.74. The second kappa shape index (κ2) is 5.78. The van der Waals surface area contributed by atoms with Crippen LogP contribution in [0.5, 0.6) is 0 Å². The van der Waals surface area contributed by atoms with Gasteiger partial charge in [0.2, 0.25) is 0 Å². The number of ether oxygens (including phenoxy) is 2. The fraction of sp³-hybridized carbons (Fsp3) is 0.667. The van der Waals surface area contributed by atoms with E-state index in [4.69, 9.17) is 26.8 Å². The molecule has 0 fully saturated rings. The maximum absolute atomic E-state index is 5.42. The topological polar surface area (TPSA) is 106 Å². The highest BCUT2D eigenvalue weighted by Gasteiger charge is 2.15. The molecule has 0 aromatic rings. The van der Waals surface area contributed by atoms with Crippen molar-refractivity contribution in [3.63, 3.8) is 0 Å². The second-order valence-corrected chi connectivity index (χ2v) is 1.99. The Morgan fingerprint density at radius 1 is 1.42 bits per heavy atom. The summed E-state index contributed by atoms with van der Waals surface area (Å²) in [6.07, 6.45) is -1.55. The molecule has 6 nitrogen and oxygen atoms in total. The monoisotopic (exact) mass is 177 g/mol. The van der Waals surface area contributed by atoms with E-state index in [9.17, 15) is 0 Å². The van der Waals surface area contributed by atoms with Gasteiger partial charge in [0, 0.05) is 6.61 Å². The maximum atomic E-state index is 5.42. The van der Waals surface area contributed by atoms with E-state index in [0.29, 0.717) is 6.61 Å². The summed E-state index contributed by atoms with van der Waals surface area (Å²) in [6, 6.07) is 0. The smallest absolute Gasteiger partial charge is 0.293 e. The van der Waals surface area contributed by atoms with Gasteiger partial charge in [0.1, 0.15) is 0 Å². The molecule has 2 atom stereocenters. The van der Waals surface area contributed by atoms with Gasteiger partial charge in [-0.3, -0.25) is 5.73 Å². The molecule has 0 spiro atoms. The number of hydrogen-bond donors (Lipinski definition) is 3. The molecule has 0 aromatic carbocycles. The second-order valence-electron chi connectivity index (χ2n) is 1.99. The summed E-state index contributed by atoms with van der Waals surface area (Å²) in [5.41, 5.74) is 10.8. The van der Waals surface area contributed by atoms with Crippen LogP contribution in [0.4, 0.5) is 0 Å². The third kappa shape index (κ3) is 4.14. The van der Waals surface area contributed by atoms with Crippen molar-refractivity contribution < 1.29 is 14.3 Å². The van der Waals surface area contributed by atoms with Crippen LogP contribution in [0.25, 0.3) is 0 Å². The minimum absolute atomic E-state index is 0.0994. The van der Waals surface area contributed by atoms with Crippen molar-refractivity contribution in [1.82, 2.24) is 0 Å². The third-order valence-corrected chi connectivity index (χ3v) is 1.08. The molecule has 6 N–H and O–H groups in total. The Balaban J connectivity index is 3.69. The van der Waals surface area contributed by atoms with E-state index >= 15 is 0 Å². The molecule has 0 aromatic heterocycles. The van der Waals surface area contributed by atoms with E-state index in [0.717, 1.165) is 0 Å². The quantitative estimate of drug-likeness (QED) is 0.272. The highest BCUT2D eigenvalue weighted by atomic mass is 16.7.